The Hall–Kier alpha value is -1.90. The van der Waals surface area contributed by atoms with Gasteiger partial charge in [-0.2, -0.15) is 5.26 Å². The molecule has 0 aliphatic carbocycles. The topological polar surface area (TPSA) is 71.8 Å². The summed E-state index contributed by atoms with van der Waals surface area (Å²) in [5.74, 6) is 0. The zero-order valence-corrected chi connectivity index (χ0v) is 13.1. The summed E-state index contributed by atoms with van der Waals surface area (Å²) in [4.78, 5) is 13.5. The molecule has 0 unspecified atom stereocenters. The molecule has 4 nitrogen and oxygen atoms in total. The number of thiophene rings is 1. The van der Waals surface area contributed by atoms with E-state index >= 15 is 0 Å². The SMILES string of the molecule is CCC(N)(CC)Cn1c(-c2cccs2)ccc(C#N)c1=O. The average Bonchev–Trinajstić information content (AvgIpc) is 3.03. The lowest BCUT2D eigenvalue weighted by Gasteiger charge is -2.28. The minimum Gasteiger partial charge on any atom is -0.324 e. The fraction of sp³-hybridized carbons (Fsp3) is 0.375. The van der Waals surface area contributed by atoms with Crippen molar-refractivity contribution >= 4 is 11.3 Å². The van der Waals surface area contributed by atoms with Crippen molar-refractivity contribution in [3.63, 3.8) is 0 Å². The van der Waals surface area contributed by atoms with Gasteiger partial charge in [0.15, 0.2) is 0 Å². The minimum absolute atomic E-state index is 0.157. The summed E-state index contributed by atoms with van der Waals surface area (Å²) in [5.41, 5.74) is 6.65. The van der Waals surface area contributed by atoms with Crippen molar-refractivity contribution in [1.29, 1.82) is 5.26 Å². The molecule has 2 heterocycles. The molecule has 0 radical (unpaired) electrons. The molecule has 0 saturated carbocycles. The molecular formula is C16H19N3OS. The number of nitrogens with zero attached hydrogens (tertiary/aromatic N) is 2. The first-order valence-electron chi connectivity index (χ1n) is 7.01. The number of hydrogen-bond acceptors (Lipinski definition) is 4. The summed E-state index contributed by atoms with van der Waals surface area (Å²) in [6.45, 7) is 4.46. The molecular weight excluding hydrogens is 282 g/mol. The van der Waals surface area contributed by atoms with Crippen molar-refractivity contribution in [2.45, 2.75) is 38.8 Å². The smallest absolute Gasteiger partial charge is 0.269 e. The van der Waals surface area contributed by atoms with Gasteiger partial charge in [0.25, 0.3) is 5.56 Å². The van der Waals surface area contributed by atoms with E-state index in [4.69, 9.17) is 11.0 Å². The van der Waals surface area contributed by atoms with E-state index in [0.717, 1.165) is 23.4 Å². The number of pyridine rings is 1. The minimum atomic E-state index is -0.441. The van der Waals surface area contributed by atoms with Crippen LogP contribution in [0.1, 0.15) is 32.3 Å². The quantitative estimate of drug-likeness (QED) is 0.922. The molecule has 0 bridgehead atoms. The van der Waals surface area contributed by atoms with Gasteiger partial charge in [-0.1, -0.05) is 19.9 Å². The van der Waals surface area contributed by atoms with Crippen LogP contribution < -0.4 is 11.3 Å². The van der Waals surface area contributed by atoms with Crippen molar-refractivity contribution < 1.29 is 0 Å². The summed E-state index contributed by atoms with van der Waals surface area (Å²) in [7, 11) is 0. The molecule has 0 aromatic carbocycles. The lowest BCUT2D eigenvalue weighted by molar-refractivity contribution is 0.336. The molecule has 0 amide bonds. The molecule has 0 spiro atoms. The summed E-state index contributed by atoms with van der Waals surface area (Å²) in [6, 6.07) is 9.29. The largest absolute Gasteiger partial charge is 0.324 e. The van der Waals surface area contributed by atoms with Crippen LogP contribution in [0.2, 0.25) is 0 Å². The van der Waals surface area contributed by atoms with E-state index in [1.165, 1.54) is 0 Å². The zero-order chi connectivity index (χ0) is 15.5. The van der Waals surface area contributed by atoms with Gasteiger partial charge in [-0.05, 0) is 36.4 Å². The predicted octanol–water partition coefficient (Wildman–Crippen LogP) is 2.97. The molecule has 2 rings (SSSR count). The van der Waals surface area contributed by atoms with Crippen LogP contribution in [0.5, 0.6) is 0 Å². The van der Waals surface area contributed by atoms with Crippen molar-refractivity contribution in [3.8, 4) is 16.6 Å². The number of nitrogens with two attached hydrogens (primary N) is 1. The Labute approximate surface area is 128 Å². The van der Waals surface area contributed by atoms with E-state index in [1.807, 2.05) is 43.5 Å². The second-order valence-corrected chi connectivity index (χ2v) is 6.13. The molecule has 0 aliphatic heterocycles. The molecule has 0 aliphatic rings. The number of nitriles is 1. The monoisotopic (exact) mass is 301 g/mol. The molecule has 2 N–H and O–H groups in total. The van der Waals surface area contributed by atoms with Gasteiger partial charge in [0.2, 0.25) is 0 Å². The molecule has 0 fully saturated rings. The Balaban J connectivity index is 2.61. The molecule has 110 valence electrons. The zero-order valence-electron chi connectivity index (χ0n) is 12.3. The van der Waals surface area contributed by atoms with Crippen molar-refractivity contribution in [3.05, 3.63) is 45.6 Å². The van der Waals surface area contributed by atoms with Crippen LogP contribution in [-0.2, 0) is 6.54 Å². The maximum Gasteiger partial charge on any atom is 0.269 e. The molecule has 0 atom stereocenters. The standard InChI is InChI=1S/C16H19N3OS/c1-3-16(18,4-2)11-19-13(14-6-5-9-21-14)8-7-12(10-17)15(19)20/h5-9H,3-4,11,18H2,1-2H3. The van der Waals surface area contributed by atoms with Gasteiger partial charge in [-0.3, -0.25) is 4.79 Å². The van der Waals surface area contributed by atoms with Crippen LogP contribution in [0.15, 0.2) is 34.4 Å². The highest BCUT2D eigenvalue weighted by Crippen LogP contribution is 2.25. The molecule has 2 aromatic heterocycles. The number of hydrogen-bond donors (Lipinski definition) is 1. The van der Waals surface area contributed by atoms with Crippen LogP contribution in [0.3, 0.4) is 0 Å². The molecule has 21 heavy (non-hydrogen) atoms. The fourth-order valence-electron chi connectivity index (χ4n) is 2.25. The highest BCUT2D eigenvalue weighted by Gasteiger charge is 2.24. The lowest BCUT2D eigenvalue weighted by Crippen LogP contribution is -2.45. The van der Waals surface area contributed by atoms with E-state index in [9.17, 15) is 4.79 Å². The first kappa shape index (κ1) is 15.5. The number of rotatable bonds is 5. The van der Waals surface area contributed by atoms with E-state index < -0.39 is 5.54 Å². The first-order chi connectivity index (χ1) is 10.0. The van der Waals surface area contributed by atoms with Gasteiger partial charge in [0.05, 0.1) is 10.6 Å². The number of aromatic nitrogens is 1. The van der Waals surface area contributed by atoms with Gasteiger partial charge in [-0.25, -0.2) is 0 Å². The second-order valence-electron chi connectivity index (χ2n) is 5.18. The second kappa shape index (κ2) is 6.25. The van der Waals surface area contributed by atoms with E-state index in [-0.39, 0.29) is 11.1 Å². The Morgan fingerprint density at radius 2 is 2.05 bits per heavy atom. The van der Waals surface area contributed by atoms with Crippen molar-refractivity contribution in [2.75, 3.05) is 0 Å². The van der Waals surface area contributed by atoms with Crippen molar-refractivity contribution in [1.82, 2.24) is 4.57 Å². The maximum atomic E-state index is 12.5. The highest BCUT2D eigenvalue weighted by molar-refractivity contribution is 7.13. The molecule has 2 aromatic rings. The van der Waals surface area contributed by atoms with Gasteiger partial charge in [-0.15, -0.1) is 11.3 Å². The third-order valence-corrected chi connectivity index (χ3v) is 4.84. The molecule has 5 heteroatoms. The Bertz CT molecular complexity index is 706. The van der Waals surface area contributed by atoms with E-state index in [1.54, 1.807) is 22.0 Å². The Morgan fingerprint density at radius 1 is 1.33 bits per heavy atom. The summed E-state index contributed by atoms with van der Waals surface area (Å²) in [5, 5.41) is 11.1. The van der Waals surface area contributed by atoms with Crippen LogP contribution in [0.25, 0.3) is 10.6 Å². The Morgan fingerprint density at radius 3 is 2.57 bits per heavy atom. The Kier molecular flexibility index (Phi) is 4.61. The summed E-state index contributed by atoms with van der Waals surface area (Å²) in [6.07, 6.45) is 1.55. The van der Waals surface area contributed by atoms with Crippen molar-refractivity contribution in [2.24, 2.45) is 5.73 Å². The summed E-state index contributed by atoms with van der Waals surface area (Å²) >= 11 is 1.57. The predicted molar refractivity (Wildman–Crippen MR) is 86.2 cm³/mol. The van der Waals surface area contributed by atoms with E-state index in [0.29, 0.717) is 6.54 Å². The van der Waals surface area contributed by atoms with Gasteiger partial charge in [0.1, 0.15) is 11.6 Å². The van der Waals surface area contributed by atoms with Crippen LogP contribution in [0, 0.1) is 11.3 Å². The fourth-order valence-corrected chi connectivity index (χ4v) is 3.01. The van der Waals surface area contributed by atoms with Gasteiger partial charge >= 0.3 is 0 Å². The summed E-state index contributed by atoms with van der Waals surface area (Å²) < 4.78 is 1.65. The third-order valence-electron chi connectivity index (χ3n) is 3.95. The highest BCUT2D eigenvalue weighted by atomic mass is 32.1. The average molecular weight is 301 g/mol. The van der Waals surface area contributed by atoms with E-state index in [2.05, 4.69) is 0 Å². The van der Waals surface area contributed by atoms with Gasteiger partial charge < -0.3 is 10.3 Å². The first-order valence-corrected chi connectivity index (χ1v) is 7.89. The molecule has 0 saturated heterocycles. The van der Waals surface area contributed by atoms with Gasteiger partial charge in [0, 0.05) is 12.1 Å². The lowest BCUT2D eigenvalue weighted by atomic mass is 9.94. The van der Waals surface area contributed by atoms with Crippen LogP contribution in [-0.4, -0.2) is 10.1 Å². The van der Waals surface area contributed by atoms with Crippen LogP contribution >= 0.6 is 11.3 Å². The third kappa shape index (κ3) is 3.07. The normalized spacial score (nSPS) is 11.3. The maximum absolute atomic E-state index is 12.5. The van der Waals surface area contributed by atoms with Crippen LogP contribution in [0.4, 0.5) is 0 Å².